The van der Waals surface area contributed by atoms with Crippen molar-refractivity contribution in [3.63, 3.8) is 0 Å². The normalized spacial score (nSPS) is 10.5. The lowest BCUT2D eigenvalue weighted by Gasteiger charge is -2.20. The highest BCUT2D eigenvalue weighted by molar-refractivity contribution is 5.99. The Hall–Kier alpha value is -4.38. The molecule has 1 amide bonds. The number of nitrogens with one attached hydrogen (secondary N) is 1. The lowest BCUT2D eigenvalue weighted by molar-refractivity contribution is 0.0379. The Morgan fingerprint density at radius 3 is 1.79 bits per heavy atom. The number of ether oxygens (including phenoxy) is 2. The van der Waals surface area contributed by atoms with Gasteiger partial charge in [0.05, 0.1) is 11.3 Å². The van der Waals surface area contributed by atoms with Crippen molar-refractivity contribution in [1.82, 2.24) is 0 Å². The molecule has 5 heteroatoms. The van der Waals surface area contributed by atoms with Gasteiger partial charge in [0.25, 0.3) is 0 Å². The Bertz CT molecular complexity index is 1150. The summed E-state index contributed by atoms with van der Waals surface area (Å²) in [6, 6.07) is 35.1. The van der Waals surface area contributed by atoms with E-state index in [2.05, 4.69) is 5.32 Å². The number of hydrogen-bond acceptors (Lipinski definition) is 4. The van der Waals surface area contributed by atoms with E-state index >= 15 is 0 Å². The summed E-state index contributed by atoms with van der Waals surface area (Å²) in [6.07, 6.45) is -1.24. The Balaban J connectivity index is 1.50. The van der Waals surface area contributed by atoms with Crippen LogP contribution in [0.1, 0.15) is 33.2 Å². The molecule has 5 nitrogen and oxygen atoms in total. The minimum Gasteiger partial charge on any atom is -0.449 e. The van der Waals surface area contributed by atoms with Crippen LogP contribution in [-0.4, -0.2) is 12.1 Å². The standard InChI is InChI=1S/C28H23NO4/c30-27(33-26(22-14-6-2-7-15-22)23-16-8-3-9-17-23)24-18-10-11-19-25(24)29-28(31)32-20-21-12-4-1-5-13-21/h1-19,26H,20H2,(H,29,31). The SMILES string of the molecule is O=C(Nc1ccccc1C(=O)OC(c1ccccc1)c1ccccc1)OCc1ccccc1. The van der Waals surface area contributed by atoms with Crippen LogP contribution in [0.2, 0.25) is 0 Å². The van der Waals surface area contributed by atoms with Crippen LogP contribution in [-0.2, 0) is 16.1 Å². The molecule has 0 saturated heterocycles. The molecular formula is C28H23NO4. The fourth-order valence-corrected chi connectivity index (χ4v) is 3.39. The largest absolute Gasteiger partial charge is 0.449 e. The molecule has 0 spiro atoms. The zero-order chi connectivity index (χ0) is 22.9. The molecule has 0 radical (unpaired) electrons. The third-order valence-corrected chi connectivity index (χ3v) is 5.03. The number of carbonyl (C=O) groups excluding carboxylic acids is 2. The number of esters is 1. The van der Waals surface area contributed by atoms with Crippen molar-refractivity contribution in [2.24, 2.45) is 0 Å². The van der Waals surface area contributed by atoms with Gasteiger partial charge in [-0.05, 0) is 28.8 Å². The van der Waals surface area contributed by atoms with Crippen molar-refractivity contribution in [1.29, 1.82) is 0 Å². The van der Waals surface area contributed by atoms with Crippen LogP contribution in [0.25, 0.3) is 0 Å². The Kier molecular flexibility index (Phi) is 7.13. The van der Waals surface area contributed by atoms with E-state index in [9.17, 15) is 9.59 Å². The highest BCUT2D eigenvalue weighted by atomic mass is 16.6. The van der Waals surface area contributed by atoms with E-state index < -0.39 is 18.2 Å². The molecule has 0 saturated carbocycles. The summed E-state index contributed by atoms with van der Waals surface area (Å²) in [5, 5.41) is 2.65. The maximum absolute atomic E-state index is 13.2. The number of hydrogen-bond donors (Lipinski definition) is 1. The molecule has 0 aromatic heterocycles. The molecule has 4 aromatic rings. The average molecular weight is 437 g/mol. The molecule has 33 heavy (non-hydrogen) atoms. The first-order chi connectivity index (χ1) is 16.2. The molecule has 0 aliphatic heterocycles. The van der Waals surface area contributed by atoms with Crippen LogP contribution < -0.4 is 5.32 Å². The lowest BCUT2D eigenvalue weighted by Crippen LogP contribution is -2.18. The Morgan fingerprint density at radius 2 is 1.18 bits per heavy atom. The van der Waals surface area contributed by atoms with E-state index in [4.69, 9.17) is 9.47 Å². The first-order valence-electron chi connectivity index (χ1n) is 10.6. The van der Waals surface area contributed by atoms with Crippen molar-refractivity contribution in [2.45, 2.75) is 12.7 Å². The van der Waals surface area contributed by atoms with Crippen LogP contribution in [0.3, 0.4) is 0 Å². The molecule has 0 unspecified atom stereocenters. The van der Waals surface area contributed by atoms with E-state index in [1.807, 2.05) is 91.0 Å². The second kappa shape index (κ2) is 10.8. The van der Waals surface area contributed by atoms with E-state index in [1.165, 1.54) is 0 Å². The third kappa shape index (κ3) is 5.86. The van der Waals surface area contributed by atoms with Gasteiger partial charge < -0.3 is 9.47 Å². The van der Waals surface area contributed by atoms with Gasteiger partial charge in [0.15, 0.2) is 6.10 Å². The van der Waals surface area contributed by atoms with Crippen LogP contribution in [0.4, 0.5) is 10.5 Å². The second-order valence-electron chi connectivity index (χ2n) is 7.34. The molecule has 1 N–H and O–H groups in total. The Labute approximate surface area is 192 Å². The van der Waals surface area contributed by atoms with E-state index in [-0.39, 0.29) is 12.2 Å². The predicted octanol–water partition coefficient (Wildman–Crippen LogP) is 6.38. The molecule has 4 rings (SSSR count). The molecular weight excluding hydrogens is 414 g/mol. The number of benzene rings is 4. The lowest BCUT2D eigenvalue weighted by atomic mass is 10.0. The molecule has 0 aliphatic carbocycles. The van der Waals surface area contributed by atoms with Gasteiger partial charge in [0.1, 0.15) is 6.61 Å². The number of carbonyl (C=O) groups is 2. The van der Waals surface area contributed by atoms with Gasteiger partial charge in [0.2, 0.25) is 0 Å². The zero-order valence-corrected chi connectivity index (χ0v) is 17.9. The maximum Gasteiger partial charge on any atom is 0.411 e. The smallest absolute Gasteiger partial charge is 0.411 e. The molecule has 164 valence electrons. The van der Waals surface area contributed by atoms with Gasteiger partial charge in [-0.2, -0.15) is 0 Å². The highest BCUT2D eigenvalue weighted by Gasteiger charge is 2.22. The quantitative estimate of drug-likeness (QED) is 0.341. The molecule has 0 atom stereocenters. The number of rotatable bonds is 7. The van der Waals surface area contributed by atoms with Crippen LogP contribution >= 0.6 is 0 Å². The van der Waals surface area contributed by atoms with Crippen molar-refractivity contribution < 1.29 is 19.1 Å². The first kappa shape index (κ1) is 21.8. The molecule has 0 heterocycles. The van der Waals surface area contributed by atoms with Gasteiger partial charge >= 0.3 is 12.1 Å². The van der Waals surface area contributed by atoms with Crippen molar-refractivity contribution >= 4 is 17.7 Å². The highest BCUT2D eigenvalue weighted by Crippen LogP contribution is 2.28. The van der Waals surface area contributed by atoms with Gasteiger partial charge in [0, 0.05) is 0 Å². The zero-order valence-electron chi connectivity index (χ0n) is 17.9. The topological polar surface area (TPSA) is 64.6 Å². The van der Waals surface area contributed by atoms with Crippen LogP contribution in [0.15, 0.2) is 115 Å². The van der Waals surface area contributed by atoms with E-state index in [0.29, 0.717) is 5.69 Å². The van der Waals surface area contributed by atoms with Gasteiger partial charge in [-0.15, -0.1) is 0 Å². The summed E-state index contributed by atoms with van der Waals surface area (Å²) in [7, 11) is 0. The summed E-state index contributed by atoms with van der Waals surface area (Å²) in [4.78, 5) is 25.5. The third-order valence-electron chi connectivity index (χ3n) is 5.03. The summed E-state index contributed by atoms with van der Waals surface area (Å²) in [5.74, 6) is -0.549. The van der Waals surface area contributed by atoms with Crippen molar-refractivity contribution in [3.8, 4) is 0 Å². The number of anilines is 1. The number of para-hydroxylation sites is 1. The summed E-state index contributed by atoms with van der Waals surface area (Å²) < 4.78 is 11.2. The van der Waals surface area contributed by atoms with E-state index in [1.54, 1.807) is 24.3 Å². The van der Waals surface area contributed by atoms with Gasteiger partial charge in [-0.1, -0.05) is 103 Å². The average Bonchev–Trinajstić information content (AvgIpc) is 2.88. The minimum atomic E-state index is -0.651. The predicted molar refractivity (Wildman–Crippen MR) is 127 cm³/mol. The van der Waals surface area contributed by atoms with Crippen LogP contribution in [0.5, 0.6) is 0 Å². The molecule has 4 aromatic carbocycles. The van der Waals surface area contributed by atoms with Gasteiger partial charge in [-0.25, -0.2) is 9.59 Å². The summed E-state index contributed by atoms with van der Waals surface area (Å²) >= 11 is 0. The van der Waals surface area contributed by atoms with Crippen molar-refractivity contribution in [2.75, 3.05) is 5.32 Å². The molecule has 0 fully saturated rings. The summed E-state index contributed by atoms with van der Waals surface area (Å²) in [6.45, 7) is 0.128. The molecule has 0 aliphatic rings. The first-order valence-corrected chi connectivity index (χ1v) is 10.6. The monoisotopic (exact) mass is 437 g/mol. The second-order valence-corrected chi connectivity index (χ2v) is 7.34. The fraction of sp³-hybridized carbons (Fsp3) is 0.0714. The number of amides is 1. The van der Waals surface area contributed by atoms with Crippen molar-refractivity contribution in [3.05, 3.63) is 138 Å². The Morgan fingerprint density at radius 1 is 0.667 bits per heavy atom. The molecule has 0 bridgehead atoms. The minimum absolute atomic E-state index is 0.128. The fourth-order valence-electron chi connectivity index (χ4n) is 3.39. The summed E-state index contributed by atoms with van der Waals surface area (Å²) in [5.41, 5.74) is 3.13. The van der Waals surface area contributed by atoms with E-state index in [0.717, 1.165) is 16.7 Å². The maximum atomic E-state index is 13.2. The van der Waals surface area contributed by atoms with Gasteiger partial charge in [-0.3, -0.25) is 5.32 Å². The van der Waals surface area contributed by atoms with Crippen LogP contribution in [0, 0.1) is 0 Å².